The van der Waals surface area contributed by atoms with Gasteiger partial charge in [-0.1, -0.05) is 6.07 Å². The Morgan fingerprint density at radius 2 is 2.41 bits per heavy atom. The lowest BCUT2D eigenvalue weighted by molar-refractivity contribution is 0.264. The third kappa shape index (κ3) is 4.09. The van der Waals surface area contributed by atoms with Gasteiger partial charge in [0.2, 0.25) is 0 Å². The largest absolute Gasteiger partial charge is 0.316 e. The molecule has 1 unspecified atom stereocenters. The maximum absolute atomic E-state index is 3.61. The fraction of sp³-hybridized carbons (Fsp3) is 0.714. The molecule has 0 amide bonds. The van der Waals surface area contributed by atoms with Gasteiger partial charge in [0.15, 0.2) is 0 Å². The highest BCUT2D eigenvalue weighted by atomic mass is 32.1. The molecule has 1 aromatic heterocycles. The number of likely N-dealkylation sites (tertiary alicyclic amines) is 1. The van der Waals surface area contributed by atoms with E-state index < -0.39 is 0 Å². The molecule has 2 heterocycles. The number of hydrogen-bond donors (Lipinski definition) is 1. The first-order chi connectivity index (χ1) is 8.25. The molecule has 1 saturated heterocycles. The molecule has 1 aromatic rings. The average molecular weight is 252 g/mol. The summed E-state index contributed by atoms with van der Waals surface area (Å²) in [6.07, 6.45) is 2.54. The van der Waals surface area contributed by atoms with Crippen molar-refractivity contribution in [2.75, 3.05) is 26.2 Å². The van der Waals surface area contributed by atoms with Crippen LogP contribution in [0, 0.1) is 5.92 Å². The van der Waals surface area contributed by atoms with Crippen LogP contribution in [0.2, 0.25) is 0 Å². The average Bonchev–Trinajstić information content (AvgIpc) is 2.96. The van der Waals surface area contributed by atoms with Crippen LogP contribution in [-0.4, -0.2) is 37.1 Å². The van der Waals surface area contributed by atoms with E-state index in [9.17, 15) is 0 Å². The van der Waals surface area contributed by atoms with Crippen LogP contribution in [0.5, 0.6) is 0 Å². The predicted molar refractivity (Wildman–Crippen MR) is 75.7 cm³/mol. The maximum Gasteiger partial charge on any atom is 0.00578 e. The van der Waals surface area contributed by atoms with E-state index in [0.717, 1.165) is 12.5 Å². The minimum Gasteiger partial charge on any atom is -0.316 e. The molecule has 17 heavy (non-hydrogen) atoms. The van der Waals surface area contributed by atoms with Crippen molar-refractivity contribution < 1.29 is 0 Å². The highest BCUT2D eigenvalue weighted by Gasteiger charge is 2.23. The molecule has 0 radical (unpaired) electrons. The zero-order valence-electron chi connectivity index (χ0n) is 11.0. The molecule has 0 spiro atoms. The molecule has 0 saturated carbocycles. The lowest BCUT2D eigenvalue weighted by Crippen LogP contribution is -2.31. The van der Waals surface area contributed by atoms with Gasteiger partial charge >= 0.3 is 0 Å². The SMILES string of the molecule is CC(C)N1CCC(CNCCc2cccs2)C1. The van der Waals surface area contributed by atoms with Crippen molar-refractivity contribution in [1.82, 2.24) is 10.2 Å². The molecule has 1 atom stereocenters. The first kappa shape index (κ1) is 13.1. The van der Waals surface area contributed by atoms with Crippen LogP contribution in [0.1, 0.15) is 25.1 Å². The number of nitrogens with one attached hydrogen (secondary N) is 1. The van der Waals surface area contributed by atoms with Gasteiger partial charge in [0.25, 0.3) is 0 Å². The van der Waals surface area contributed by atoms with Crippen LogP contribution < -0.4 is 5.32 Å². The fourth-order valence-corrected chi connectivity index (χ4v) is 3.18. The summed E-state index contributed by atoms with van der Waals surface area (Å²) < 4.78 is 0. The summed E-state index contributed by atoms with van der Waals surface area (Å²) in [5.41, 5.74) is 0. The maximum atomic E-state index is 3.61. The van der Waals surface area contributed by atoms with Gasteiger partial charge in [-0.25, -0.2) is 0 Å². The zero-order chi connectivity index (χ0) is 12.1. The molecule has 96 valence electrons. The van der Waals surface area contributed by atoms with Crippen molar-refractivity contribution in [2.24, 2.45) is 5.92 Å². The van der Waals surface area contributed by atoms with E-state index in [1.165, 1.54) is 37.4 Å². The van der Waals surface area contributed by atoms with Crippen LogP contribution >= 0.6 is 11.3 Å². The van der Waals surface area contributed by atoms with E-state index >= 15 is 0 Å². The third-order valence-electron chi connectivity index (χ3n) is 3.61. The molecule has 1 fully saturated rings. The smallest absolute Gasteiger partial charge is 0.00578 e. The van der Waals surface area contributed by atoms with Crippen molar-refractivity contribution in [3.05, 3.63) is 22.4 Å². The van der Waals surface area contributed by atoms with Crippen LogP contribution in [-0.2, 0) is 6.42 Å². The first-order valence-electron chi connectivity index (χ1n) is 6.73. The minimum atomic E-state index is 0.714. The molecular weight excluding hydrogens is 228 g/mol. The lowest BCUT2D eigenvalue weighted by atomic mass is 10.1. The lowest BCUT2D eigenvalue weighted by Gasteiger charge is -2.20. The van der Waals surface area contributed by atoms with Crippen molar-refractivity contribution in [3.8, 4) is 0 Å². The van der Waals surface area contributed by atoms with Crippen molar-refractivity contribution in [2.45, 2.75) is 32.7 Å². The molecule has 1 N–H and O–H groups in total. The molecule has 0 bridgehead atoms. The Balaban J connectivity index is 1.57. The summed E-state index contributed by atoms with van der Waals surface area (Å²) in [4.78, 5) is 4.08. The third-order valence-corrected chi connectivity index (χ3v) is 4.55. The highest BCUT2D eigenvalue weighted by molar-refractivity contribution is 7.09. The molecule has 1 aliphatic rings. The van der Waals surface area contributed by atoms with Crippen molar-refractivity contribution in [3.63, 3.8) is 0 Å². The van der Waals surface area contributed by atoms with Crippen LogP contribution in [0.3, 0.4) is 0 Å². The Hall–Kier alpha value is -0.380. The van der Waals surface area contributed by atoms with Gasteiger partial charge in [-0.3, -0.25) is 0 Å². The van der Waals surface area contributed by atoms with Gasteiger partial charge in [0, 0.05) is 17.5 Å². The minimum absolute atomic E-state index is 0.714. The van der Waals surface area contributed by atoms with Gasteiger partial charge in [-0.15, -0.1) is 11.3 Å². The molecule has 2 rings (SSSR count). The van der Waals surface area contributed by atoms with Crippen LogP contribution in [0.25, 0.3) is 0 Å². The molecule has 1 aliphatic heterocycles. The monoisotopic (exact) mass is 252 g/mol. The topological polar surface area (TPSA) is 15.3 Å². The fourth-order valence-electron chi connectivity index (χ4n) is 2.47. The number of rotatable bonds is 6. The highest BCUT2D eigenvalue weighted by Crippen LogP contribution is 2.17. The Morgan fingerprint density at radius 3 is 3.06 bits per heavy atom. The number of hydrogen-bond acceptors (Lipinski definition) is 3. The Kier molecular flexibility index (Phi) is 5.01. The molecule has 0 aliphatic carbocycles. The number of nitrogens with zero attached hydrogens (tertiary/aromatic N) is 1. The van der Waals surface area contributed by atoms with E-state index in [4.69, 9.17) is 0 Å². The van der Waals surface area contributed by atoms with Crippen molar-refractivity contribution >= 4 is 11.3 Å². The second kappa shape index (κ2) is 6.53. The van der Waals surface area contributed by atoms with E-state index in [-0.39, 0.29) is 0 Å². The molecule has 2 nitrogen and oxygen atoms in total. The quantitative estimate of drug-likeness (QED) is 0.783. The summed E-state index contributed by atoms with van der Waals surface area (Å²) in [6.45, 7) is 9.48. The van der Waals surface area contributed by atoms with Gasteiger partial charge < -0.3 is 10.2 Å². The Bertz CT molecular complexity index is 308. The summed E-state index contributed by atoms with van der Waals surface area (Å²) in [5, 5.41) is 5.76. The van der Waals surface area contributed by atoms with E-state index in [0.29, 0.717) is 6.04 Å². The second-order valence-electron chi connectivity index (χ2n) is 5.28. The van der Waals surface area contributed by atoms with Gasteiger partial charge in [0.05, 0.1) is 0 Å². The van der Waals surface area contributed by atoms with Crippen LogP contribution in [0.15, 0.2) is 17.5 Å². The van der Waals surface area contributed by atoms with Gasteiger partial charge in [-0.2, -0.15) is 0 Å². The summed E-state index contributed by atoms with van der Waals surface area (Å²) in [5.74, 6) is 0.862. The molecule has 3 heteroatoms. The first-order valence-corrected chi connectivity index (χ1v) is 7.61. The summed E-state index contributed by atoms with van der Waals surface area (Å²) in [6, 6.07) is 5.08. The molecule has 0 aromatic carbocycles. The Labute approximate surface area is 109 Å². The van der Waals surface area contributed by atoms with Gasteiger partial charge in [0.1, 0.15) is 0 Å². The van der Waals surface area contributed by atoms with Crippen molar-refractivity contribution in [1.29, 1.82) is 0 Å². The van der Waals surface area contributed by atoms with E-state index in [1.807, 2.05) is 11.3 Å². The Morgan fingerprint density at radius 1 is 1.53 bits per heavy atom. The number of thiophene rings is 1. The summed E-state index contributed by atoms with van der Waals surface area (Å²) >= 11 is 1.86. The van der Waals surface area contributed by atoms with Gasteiger partial charge in [-0.05, 0) is 63.7 Å². The summed E-state index contributed by atoms with van der Waals surface area (Å²) in [7, 11) is 0. The normalized spacial score (nSPS) is 21.5. The standard InChI is InChI=1S/C14H24N2S/c1-12(2)16-8-6-13(11-16)10-15-7-5-14-4-3-9-17-14/h3-4,9,12-13,15H,5-8,10-11H2,1-2H3. The van der Waals surface area contributed by atoms with Crippen LogP contribution in [0.4, 0.5) is 0 Å². The zero-order valence-corrected chi connectivity index (χ0v) is 11.8. The molecular formula is C14H24N2S. The second-order valence-corrected chi connectivity index (χ2v) is 6.31. The predicted octanol–water partition coefficient (Wildman–Crippen LogP) is 2.61. The van der Waals surface area contributed by atoms with E-state index in [2.05, 4.69) is 41.6 Å². The van der Waals surface area contributed by atoms with E-state index in [1.54, 1.807) is 0 Å².